The molecule has 0 aromatic rings. The van der Waals surface area contributed by atoms with Crippen molar-refractivity contribution in [1.29, 1.82) is 0 Å². The fraction of sp³-hybridized carbons (Fsp3) is 0.909. The maximum absolute atomic E-state index is 11.3. The number of methoxy groups -OCH3 is 1. The van der Waals surface area contributed by atoms with E-state index in [9.17, 15) is 9.90 Å². The Morgan fingerprint density at radius 3 is 2.73 bits per heavy atom. The van der Waals surface area contributed by atoms with Crippen molar-refractivity contribution in [3.8, 4) is 0 Å². The molecule has 0 aliphatic carbocycles. The molecular weight excluding hydrogens is 194 g/mol. The van der Waals surface area contributed by atoms with Gasteiger partial charge in [-0.25, -0.2) is 0 Å². The Kier molecular flexibility index (Phi) is 7.34. The lowest BCUT2D eigenvalue weighted by Gasteiger charge is -2.22. The molecule has 0 heterocycles. The zero-order valence-electron chi connectivity index (χ0n) is 10.0. The number of amides is 1. The normalized spacial score (nSPS) is 14.7. The van der Waals surface area contributed by atoms with E-state index in [1.54, 1.807) is 14.0 Å². The van der Waals surface area contributed by atoms with E-state index in [-0.39, 0.29) is 5.91 Å². The first kappa shape index (κ1) is 14.4. The van der Waals surface area contributed by atoms with Crippen molar-refractivity contribution < 1.29 is 14.6 Å². The van der Waals surface area contributed by atoms with Crippen LogP contribution in [0.2, 0.25) is 0 Å². The predicted molar refractivity (Wildman–Crippen MR) is 59.7 cm³/mol. The van der Waals surface area contributed by atoms with E-state index >= 15 is 0 Å². The molecule has 1 unspecified atom stereocenters. The van der Waals surface area contributed by atoms with Gasteiger partial charge in [-0.1, -0.05) is 13.3 Å². The topological polar surface area (TPSA) is 58.6 Å². The Hall–Kier alpha value is -0.610. The van der Waals surface area contributed by atoms with Crippen LogP contribution in [0.15, 0.2) is 0 Å². The predicted octanol–water partition coefficient (Wildman–Crippen LogP) is 1.08. The van der Waals surface area contributed by atoms with Crippen LogP contribution >= 0.6 is 0 Å². The van der Waals surface area contributed by atoms with Crippen LogP contribution in [0.5, 0.6) is 0 Å². The SMILES string of the molecule is CCCC(C)(O)CNC(=O)CCCOC. The van der Waals surface area contributed by atoms with E-state index < -0.39 is 5.60 Å². The highest BCUT2D eigenvalue weighted by Gasteiger charge is 2.19. The summed E-state index contributed by atoms with van der Waals surface area (Å²) in [4.78, 5) is 11.3. The van der Waals surface area contributed by atoms with Gasteiger partial charge in [0.05, 0.1) is 5.60 Å². The zero-order chi connectivity index (χ0) is 11.7. The average Bonchev–Trinajstić information content (AvgIpc) is 2.15. The molecule has 0 aromatic carbocycles. The maximum atomic E-state index is 11.3. The molecule has 0 bridgehead atoms. The maximum Gasteiger partial charge on any atom is 0.220 e. The van der Waals surface area contributed by atoms with Crippen LogP contribution in [-0.4, -0.2) is 36.9 Å². The monoisotopic (exact) mass is 217 g/mol. The Morgan fingerprint density at radius 2 is 2.20 bits per heavy atom. The summed E-state index contributed by atoms with van der Waals surface area (Å²) in [5.74, 6) is -0.0246. The van der Waals surface area contributed by atoms with Gasteiger partial charge in [0.1, 0.15) is 0 Å². The van der Waals surface area contributed by atoms with Crippen LogP contribution in [0, 0.1) is 0 Å². The number of carbonyl (C=O) groups excluding carboxylic acids is 1. The Bertz CT molecular complexity index is 181. The van der Waals surface area contributed by atoms with Gasteiger partial charge in [0.2, 0.25) is 5.91 Å². The third kappa shape index (κ3) is 8.39. The van der Waals surface area contributed by atoms with Gasteiger partial charge in [-0.3, -0.25) is 4.79 Å². The molecule has 0 radical (unpaired) electrons. The molecule has 0 aliphatic rings. The van der Waals surface area contributed by atoms with E-state index in [1.807, 2.05) is 6.92 Å². The molecule has 0 saturated carbocycles. The van der Waals surface area contributed by atoms with Crippen LogP contribution in [0.1, 0.15) is 39.5 Å². The number of ether oxygens (including phenoxy) is 1. The van der Waals surface area contributed by atoms with Gasteiger partial charge in [0.15, 0.2) is 0 Å². The summed E-state index contributed by atoms with van der Waals surface area (Å²) >= 11 is 0. The molecule has 0 aliphatic heterocycles. The number of nitrogens with one attached hydrogen (secondary N) is 1. The molecule has 0 rings (SSSR count). The van der Waals surface area contributed by atoms with Gasteiger partial charge >= 0.3 is 0 Å². The van der Waals surface area contributed by atoms with Crippen molar-refractivity contribution in [2.24, 2.45) is 0 Å². The second kappa shape index (κ2) is 7.65. The Morgan fingerprint density at radius 1 is 1.53 bits per heavy atom. The summed E-state index contributed by atoms with van der Waals surface area (Å²) in [5, 5.41) is 12.5. The first-order chi connectivity index (χ1) is 7.02. The standard InChI is InChI=1S/C11H23NO3/c1-4-7-11(2,14)9-12-10(13)6-5-8-15-3/h14H,4-9H2,1-3H3,(H,12,13). The van der Waals surface area contributed by atoms with Gasteiger partial charge in [0.25, 0.3) is 0 Å². The summed E-state index contributed by atoms with van der Waals surface area (Å²) in [7, 11) is 1.62. The number of aliphatic hydroxyl groups is 1. The first-order valence-corrected chi connectivity index (χ1v) is 5.50. The lowest BCUT2D eigenvalue weighted by molar-refractivity contribution is -0.122. The molecule has 15 heavy (non-hydrogen) atoms. The van der Waals surface area contributed by atoms with Crippen LogP contribution in [0.25, 0.3) is 0 Å². The van der Waals surface area contributed by atoms with Crippen molar-refractivity contribution in [3.05, 3.63) is 0 Å². The van der Waals surface area contributed by atoms with Gasteiger partial charge in [-0.2, -0.15) is 0 Å². The lowest BCUT2D eigenvalue weighted by atomic mass is 10.0. The number of rotatable bonds is 8. The summed E-state index contributed by atoms with van der Waals surface area (Å²) in [6, 6.07) is 0. The van der Waals surface area contributed by atoms with E-state index in [4.69, 9.17) is 4.74 Å². The van der Waals surface area contributed by atoms with Gasteiger partial charge in [-0.05, 0) is 19.8 Å². The number of hydrogen-bond donors (Lipinski definition) is 2. The highest BCUT2D eigenvalue weighted by molar-refractivity contribution is 5.75. The second-order valence-corrected chi connectivity index (χ2v) is 4.12. The van der Waals surface area contributed by atoms with Crippen molar-refractivity contribution in [2.75, 3.05) is 20.3 Å². The first-order valence-electron chi connectivity index (χ1n) is 5.50. The van der Waals surface area contributed by atoms with Crippen LogP contribution in [0.4, 0.5) is 0 Å². The Balaban J connectivity index is 3.60. The molecule has 2 N–H and O–H groups in total. The third-order valence-electron chi connectivity index (χ3n) is 2.21. The highest BCUT2D eigenvalue weighted by atomic mass is 16.5. The summed E-state index contributed by atoms with van der Waals surface area (Å²) in [5.41, 5.74) is -0.786. The van der Waals surface area contributed by atoms with Crippen molar-refractivity contribution in [2.45, 2.75) is 45.1 Å². The smallest absolute Gasteiger partial charge is 0.220 e. The van der Waals surface area contributed by atoms with Crippen LogP contribution in [-0.2, 0) is 9.53 Å². The second-order valence-electron chi connectivity index (χ2n) is 4.12. The minimum absolute atomic E-state index is 0.0246. The number of hydrogen-bond acceptors (Lipinski definition) is 3. The Labute approximate surface area is 92.0 Å². The van der Waals surface area contributed by atoms with Gasteiger partial charge < -0.3 is 15.2 Å². The molecular formula is C11H23NO3. The van der Waals surface area contributed by atoms with Crippen LogP contribution in [0.3, 0.4) is 0 Å². The van der Waals surface area contributed by atoms with E-state index in [0.29, 0.717) is 26.0 Å². The minimum Gasteiger partial charge on any atom is -0.388 e. The third-order valence-corrected chi connectivity index (χ3v) is 2.21. The summed E-state index contributed by atoms with van der Waals surface area (Å²) in [6.45, 7) is 4.67. The molecule has 90 valence electrons. The fourth-order valence-electron chi connectivity index (χ4n) is 1.38. The van der Waals surface area contributed by atoms with Crippen molar-refractivity contribution in [1.82, 2.24) is 5.32 Å². The quantitative estimate of drug-likeness (QED) is 0.598. The molecule has 0 spiro atoms. The van der Waals surface area contributed by atoms with E-state index in [0.717, 1.165) is 12.8 Å². The molecule has 4 nitrogen and oxygen atoms in total. The van der Waals surface area contributed by atoms with Crippen molar-refractivity contribution >= 4 is 5.91 Å². The molecule has 1 amide bonds. The van der Waals surface area contributed by atoms with E-state index in [2.05, 4.69) is 5.32 Å². The molecule has 0 fully saturated rings. The van der Waals surface area contributed by atoms with Crippen LogP contribution < -0.4 is 5.32 Å². The molecule has 0 saturated heterocycles. The highest BCUT2D eigenvalue weighted by Crippen LogP contribution is 2.09. The molecule has 4 heteroatoms. The zero-order valence-corrected chi connectivity index (χ0v) is 10.0. The minimum atomic E-state index is -0.786. The molecule has 1 atom stereocenters. The average molecular weight is 217 g/mol. The summed E-state index contributed by atoms with van der Waals surface area (Å²) in [6.07, 6.45) is 2.78. The van der Waals surface area contributed by atoms with Gasteiger partial charge in [-0.15, -0.1) is 0 Å². The van der Waals surface area contributed by atoms with Crippen molar-refractivity contribution in [3.63, 3.8) is 0 Å². The molecule has 0 aromatic heterocycles. The fourth-order valence-corrected chi connectivity index (χ4v) is 1.38. The summed E-state index contributed by atoms with van der Waals surface area (Å²) < 4.78 is 4.85. The number of carbonyl (C=O) groups is 1. The van der Waals surface area contributed by atoms with E-state index in [1.165, 1.54) is 0 Å². The van der Waals surface area contributed by atoms with Gasteiger partial charge in [0, 0.05) is 26.7 Å². The largest absolute Gasteiger partial charge is 0.388 e. The lowest BCUT2D eigenvalue weighted by Crippen LogP contribution is -2.40.